The van der Waals surface area contributed by atoms with Crippen molar-refractivity contribution in [2.24, 2.45) is 5.92 Å². The molecule has 1 aliphatic rings. The van der Waals surface area contributed by atoms with Crippen LogP contribution in [0.1, 0.15) is 32.6 Å². The number of hydrogen-bond donors (Lipinski definition) is 1. The molecule has 2 heteroatoms. The fraction of sp³-hybridized carbons (Fsp3) is 1.00. The molecule has 1 N–H and O–H groups in total. The van der Waals surface area contributed by atoms with Gasteiger partial charge < -0.3 is 4.84 Å². The monoisotopic (exact) mass is 143 g/mol. The second kappa shape index (κ2) is 3.94. The average Bonchev–Trinajstić information content (AvgIpc) is 2.36. The Kier molecular flexibility index (Phi) is 3.16. The molecule has 1 aliphatic carbocycles. The summed E-state index contributed by atoms with van der Waals surface area (Å²) in [4.78, 5) is 4.91. The molecule has 0 bridgehead atoms. The summed E-state index contributed by atoms with van der Waals surface area (Å²) in [7, 11) is 1.70. The summed E-state index contributed by atoms with van der Waals surface area (Å²) in [5.74, 6) is 0.847. The summed E-state index contributed by atoms with van der Waals surface area (Å²) < 4.78 is 0. The molecule has 1 saturated carbocycles. The molecular weight excluding hydrogens is 126 g/mol. The minimum absolute atomic E-state index is 0.620. The summed E-state index contributed by atoms with van der Waals surface area (Å²) in [6, 6.07) is 0.620. The highest BCUT2D eigenvalue weighted by Gasteiger charge is 2.24. The van der Waals surface area contributed by atoms with E-state index in [2.05, 4.69) is 12.4 Å². The first-order valence-electron chi connectivity index (χ1n) is 4.17. The highest BCUT2D eigenvalue weighted by atomic mass is 16.6. The Bertz CT molecular complexity index is 95.3. The maximum absolute atomic E-state index is 4.91. The molecule has 1 rings (SSSR count). The van der Waals surface area contributed by atoms with Crippen LogP contribution in [-0.2, 0) is 4.84 Å². The maximum atomic E-state index is 4.91. The quantitative estimate of drug-likeness (QED) is 0.607. The summed E-state index contributed by atoms with van der Waals surface area (Å²) in [5.41, 5.74) is 3.05. The summed E-state index contributed by atoms with van der Waals surface area (Å²) >= 11 is 0. The highest BCUT2D eigenvalue weighted by Crippen LogP contribution is 2.27. The number of hydrogen-bond acceptors (Lipinski definition) is 2. The van der Waals surface area contributed by atoms with E-state index in [1.165, 1.54) is 25.7 Å². The molecule has 0 radical (unpaired) electrons. The molecule has 2 unspecified atom stereocenters. The van der Waals surface area contributed by atoms with Gasteiger partial charge in [0.25, 0.3) is 0 Å². The molecule has 0 aromatic heterocycles. The van der Waals surface area contributed by atoms with Gasteiger partial charge in [-0.2, -0.15) is 5.48 Å². The Morgan fingerprint density at radius 1 is 1.50 bits per heavy atom. The van der Waals surface area contributed by atoms with Gasteiger partial charge in [0.1, 0.15) is 0 Å². The van der Waals surface area contributed by atoms with Crippen molar-refractivity contribution in [2.75, 3.05) is 7.11 Å². The molecule has 10 heavy (non-hydrogen) atoms. The molecule has 0 aromatic carbocycles. The zero-order valence-corrected chi connectivity index (χ0v) is 6.89. The minimum atomic E-state index is 0.620. The molecule has 0 amide bonds. The highest BCUT2D eigenvalue weighted by molar-refractivity contribution is 4.79. The predicted molar refractivity (Wildman–Crippen MR) is 41.6 cm³/mol. The van der Waals surface area contributed by atoms with Gasteiger partial charge in [-0.25, -0.2) is 0 Å². The summed E-state index contributed by atoms with van der Waals surface area (Å²) in [6.45, 7) is 2.25. The smallest absolute Gasteiger partial charge is 0.0572 e. The van der Waals surface area contributed by atoms with Crippen molar-refractivity contribution in [1.29, 1.82) is 0 Å². The van der Waals surface area contributed by atoms with Gasteiger partial charge in [0.2, 0.25) is 0 Å². The van der Waals surface area contributed by atoms with Crippen LogP contribution >= 0.6 is 0 Å². The third-order valence-electron chi connectivity index (χ3n) is 2.45. The lowest BCUT2D eigenvalue weighted by Crippen LogP contribution is -2.30. The second-order valence-electron chi connectivity index (χ2n) is 3.03. The molecule has 1 fully saturated rings. The zero-order valence-electron chi connectivity index (χ0n) is 6.89. The molecule has 0 aromatic rings. The molecular formula is C8H17NO. The van der Waals surface area contributed by atoms with E-state index >= 15 is 0 Å². The van der Waals surface area contributed by atoms with Crippen LogP contribution in [0, 0.1) is 5.92 Å². The van der Waals surface area contributed by atoms with E-state index in [0.717, 1.165) is 5.92 Å². The molecule has 2 atom stereocenters. The van der Waals surface area contributed by atoms with Crippen molar-refractivity contribution < 1.29 is 4.84 Å². The van der Waals surface area contributed by atoms with Crippen LogP contribution in [0.25, 0.3) is 0 Å². The number of nitrogens with one attached hydrogen (secondary N) is 1. The van der Waals surface area contributed by atoms with Gasteiger partial charge in [0.15, 0.2) is 0 Å². The van der Waals surface area contributed by atoms with Crippen LogP contribution in [0.2, 0.25) is 0 Å². The van der Waals surface area contributed by atoms with E-state index < -0.39 is 0 Å². The molecule has 2 nitrogen and oxygen atoms in total. The fourth-order valence-electron chi connectivity index (χ4n) is 1.83. The number of rotatable bonds is 3. The van der Waals surface area contributed by atoms with Gasteiger partial charge in [-0.15, -0.1) is 0 Å². The largest absolute Gasteiger partial charge is 0.305 e. The van der Waals surface area contributed by atoms with Crippen molar-refractivity contribution in [2.45, 2.75) is 38.6 Å². The van der Waals surface area contributed by atoms with Crippen LogP contribution in [0.4, 0.5) is 0 Å². The molecule has 0 aliphatic heterocycles. The Morgan fingerprint density at radius 2 is 2.30 bits per heavy atom. The first-order valence-corrected chi connectivity index (χ1v) is 4.17. The fourth-order valence-corrected chi connectivity index (χ4v) is 1.83. The normalized spacial score (nSPS) is 33.0. The van der Waals surface area contributed by atoms with Gasteiger partial charge >= 0.3 is 0 Å². The van der Waals surface area contributed by atoms with Crippen molar-refractivity contribution in [3.8, 4) is 0 Å². The van der Waals surface area contributed by atoms with Crippen molar-refractivity contribution in [3.05, 3.63) is 0 Å². The first-order chi connectivity index (χ1) is 4.88. The van der Waals surface area contributed by atoms with Gasteiger partial charge in [-0.05, 0) is 18.8 Å². The lowest BCUT2D eigenvalue weighted by atomic mass is 10.0. The van der Waals surface area contributed by atoms with Crippen LogP contribution in [-0.4, -0.2) is 13.2 Å². The lowest BCUT2D eigenvalue weighted by molar-refractivity contribution is 0.0483. The SMILES string of the molecule is CCC1CCCC1NOC. The minimum Gasteiger partial charge on any atom is -0.305 e. The van der Waals surface area contributed by atoms with E-state index in [4.69, 9.17) is 4.84 Å². The van der Waals surface area contributed by atoms with Gasteiger partial charge in [0.05, 0.1) is 7.11 Å². The standard InChI is InChI=1S/C8H17NO/c1-3-7-5-4-6-8(7)9-10-2/h7-9H,3-6H2,1-2H3. The second-order valence-corrected chi connectivity index (χ2v) is 3.03. The first kappa shape index (κ1) is 8.02. The van der Waals surface area contributed by atoms with Crippen LogP contribution in [0.5, 0.6) is 0 Å². The Hall–Kier alpha value is -0.0800. The maximum Gasteiger partial charge on any atom is 0.0572 e. The van der Waals surface area contributed by atoms with Gasteiger partial charge in [-0.1, -0.05) is 19.8 Å². The van der Waals surface area contributed by atoms with Crippen molar-refractivity contribution >= 4 is 0 Å². The van der Waals surface area contributed by atoms with Crippen LogP contribution < -0.4 is 5.48 Å². The van der Waals surface area contributed by atoms with Gasteiger partial charge in [0, 0.05) is 6.04 Å². The van der Waals surface area contributed by atoms with Crippen molar-refractivity contribution in [3.63, 3.8) is 0 Å². The van der Waals surface area contributed by atoms with Gasteiger partial charge in [-0.3, -0.25) is 0 Å². The molecule has 0 saturated heterocycles. The summed E-state index contributed by atoms with van der Waals surface area (Å²) in [6.07, 6.45) is 5.30. The lowest BCUT2D eigenvalue weighted by Gasteiger charge is -2.17. The Morgan fingerprint density at radius 3 is 2.90 bits per heavy atom. The molecule has 0 spiro atoms. The average molecular weight is 143 g/mol. The van der Waals surface area contributed by atoms with Crippen molar-refractivity contribution in [1.82, 2.24) is 5.48 Å². The number of hydroxylamine groups is 1. The summed E-state index contributed by atoms with van der Waals surface area (Å²) in [5, 5.41) is 0. The van der Waals surface area contributed by atoms with E-state index in [0.29, 0.717) is 6.04 Å². The van der Waals surface area contributed by atoms with Crippen LogP contribution in [0.15, 0.2) is 0 Å². The Labute approximate surface area is 62.9 Å². The van der Waals surface area contributed by atoms with Crippen LogP contribution in [0.3, 0.4) is 0 Å². The topological polar surface area (TPSA) is 21.3 Å². The molecule has 0 heterocycles. The van der Waals surface area contributed by atoms with E-state index in [1.807, 2.05) is 0 Å². The third kappa shape index (κ3) is 1.70. The third-order valence-corrected chi connectivity index (χ3v) is 2.45. The van der Waals surface area contributed by atoms with E-state index in [9.17, 15) is 0 Å². The predicted octanol–water partition coefficient (Wildman–Crippen LogP) is 1.72. The molecule has 60 valence electrons. The zero-order chi connectivity index (χ0) is 7.40. The van der Waals surface area contributed by atoms with E-state index in [1.54, 1.807) is 7.11 Å². The Balaban J connectivity index is 2.27. The van der Waals surface area contributed by atoms with E-state index in [-0.39, 0.29) is 0 Å².